The van der Waals surface area contributed by atoms with E-state index >= 15 is 0 Å². The molecular formula is C23H34N6O2. The zero-order chi connectivity index (χ0) is 21.8. The highest BCUT2D eigenvalue weighted by atomic mass is 16.5. The fourth-order valence-corrected chi connectivity index (χ4v) is 4.22. The molecule has 2 aliphatic rings. The zero-order valence-corrected chi connectivity index (χ0v) is 18.9. The van der Waals surface area contributed by atoms with Crippen molar-refractivity contribution in [3.05, 3.63) is 35.5 Å². The second-order valence-corrected chi connectivity index (χ2v) is 8.99. The van der Waals surface area contributed by atoms with E-state index in [0.29, 0.717) is 19.0 Å². The highest BCUT2D eigenvalue weighted by molar-refractivity contribution is 5.93. The Hall–Kier alpha value is -2.45. The van der Waals surface area contributed by atoms with E-state index in [-0.39, 0.29) is 11.8 Å². The third-order valence-corrected chi connectivity index (χ3v) is 6.15. The van der Waals surface area contributed by atoms with E-state index in [1.165, 1.54) is 18.5 Å². The van der Waals surface area contributed by atoms with Crippen molar-refractivity contribution in [2.75, 3.05) is 56.0 Å². The van der Waals surface area contributed by atoms with Gasteiger partial charge >= 0.3 is 0 Å². The van der Waals surface area contributed by atoms with Crippen LogP contribution in [0.25, 0.3) is 0 Å². The third-order valence-electron chi connectivity index (χ3n) is 6.15. The maximum Gasteiger partial charge on any atom is 0.240 e. The van der Waals surface area contributed by atoms with E-state index in [1.807, 2.05) is 6.07 Å². The summed E-state index contributed by atoms with van der Waals surface area (Å²) in [7, 11) is 0. The molecule has 2 fully saturated rings. The number of anilines is 2. The fourth-order valence-electron chi connectivity index (χ4n) is 4.22. The lowest BCUT2D eigenvalue weighted by Gasteiger charge is -2.33. The molecule has 1 aromatic heterocycles. The van der Waals surface area contributed by atoms with Crippen molar-refractivity contribution in [1.82, 2.24) is 19.9 Å². The first-order valence-corrected chi connectivity index (χ1v) is 11.4. The van der Waals surface area contributed by atoms with E-state index in [2.05, 4.69) is 63.1 Å². The molecule has 168 valence electrons. The topological polar surface area (TPSA) is 77.7 Å². The minimum absolute atomic E-state index is 0.0453. The summed E-state index contributed by atoms with van der Waals surface area (Å²) in [6.45, 7) is 13.0. The van der Waals surface area contributed by atoms with E-state index in [4.69, 9.17) is 4.52 Å². The summed E-state index contributed by atoms with van der Waals surface area (Å²) in [4.78, 5) is 24.0. The highest BCUT2D eigenvalue weighted by Crippen LogP contribution is 2.25. The van der Waals surface area contributed by atoms with Gasteiger partial charge in [0.05, 0.1) is 13.1 Å². The van der Waals surface area contributed by atoms with Gasteiger partial charge in [0, 0.05) is 56.6 Å². The Labute approximate surface area is 184 Å². The number of carbonyl (C=O) groups excluding carboxylic acids is 1. The minimum Gasteiger partial charge on any atom is -0.372 e. The number of aryl methyl sites for hydroxylation is 1. The van der Waals surface area contributed by atoms with Crippen LogP contribution in [0.4, 0.5) is 11.4 Å². The van der Waals surface area contributed by atoms with Crippen LogP contribution in [0.1, 0.15) is 49.9 Å². The largest absolute Gasteiger partial charge is 0.372 e. The first-order valence-electron chi connectivity index (χ1n) is 11.4. The molecule has 0 saturated carbocycles. The number of benzene rings is 1. The van der Waals surface area contributed by atoms with Gasteiger partial charge in [0.15, 0.2) is 5.82 Å². The van der Waals surface area contributed by atoms with Gasteiger partial charge in [0.1, 0.15) is 0 Å². The summed E-state index contributed by atoms with van der Waals surface area (Å²) in [5.41, 5.74) is 3.28. The number of nitrogens with one attached hydrogen (secondary N) is 1. The van der Waals surface area contributed by atoms with E-state index in [0.717, 1.165) is 56.3 Å². The Kier molecular flexibility index (Phi) is 6.87. The predicted molar refractivity (Wildman–Crippen MR) is 121 cm³/mol. The van der Waals surface area contributed by atoms with Crippen LogP contribution in [-0.2, 0) is 11.3 Å². The molecule has 0 radical (unpaired) electrons. The van der Waals surface area contributed by atoms with E-state index in [1.54, 1.807) is 0 Å². The van der Waals surface area contributed by atoms with Gasteiger partial charge in [-0.15, -0.1) is 0 Å². The molecule has 1 aromatic carbocycles. The quantitative estimate of drug-likeness (QED) is 0.729. The summed E-state index contributed by atoms with van der Waals surface area (Å²) in [6.07, 6.45) is 2.53. The van der Waals surface area contributed by atoms with Crippen LogP contribution in [0.15, 0.2) is 22.7 Å². The Morgan fingerprint density at radius 2 is 1.81 bits per heavy atom. The molecular weight excluding hydrogens is 392 g/mol. The van der Waals surface area contributed by atoms with Crippen molar-refractivity contribution in [3.8, 4) is 0 Å². The molecule has 2 aliphatic heterocycles. The van der Waals surface area contributed by atoms with Crippen molar-refractivity contribution in [3.63, 3.8) is 0 Å². The van der Waals surface area contributed by atoms with Crippen LogP contribution in [0.3, 0.4) is 0 Å². The molecule has 8 nitrogen and oxygen atoms in total. The van der Waals surface area contributed by atoms with E-state index < -0.39 is 0 Å². The number of hydrogen-bond donors (Lipinski definition) is 1. The van der Waals surface area contributed by atoms with Gasteiger partial charge in [-0.1, -0.05) is 19.0 Å². The predicted octanol–water partition coefficient (Wildman–Crippen LogP) is 2.86. The van der Waals surface area contributed by atoms with Crippen molar-refractivity contribution in [1.29, 1.82) is 0 Å². The van der Waals surface area contributed by atoms with Gasteiger partial charge < -0.3 is 14.7 Å². The first kappa shape index (κ1) is 21.8. The number of nitrogens with zero attached hydrogens (tertiary/aromatic N) is 5. The fraction of sp³-hybridized carbons (Fsp3) is 0.609. The van der Waals surface area contributed by atoms with Gasteiger partial charge in [0.2, 0.25) is 11.8 Å². The molecule has 8 heteroatoms. The molecule has 31 heavy (non-hydrogen) atoms. The number of piperazine rings is 1. The molecule has 0 bridgehead atoms. The standard InChI is InChI=1S/C23H34N6O2/c1-17(2)23-25-22(31-26-23)16-28-12-10-27(11-13-28)15-21(30)24-20-7-6-19(14-18(20)3)29-8-4-5-9-29/h6-7,14,17H,4-5,8-13,15-16H2,1-3H3,(H,24,30). The normalized spacial score (nSPS) is 18.1. The Balaban J connectivity index is 1.22. The molecule has 0 atom stereocenters. The summed E-state index contributed by atoms with van der Waals surface area (Å²) < 4.78 is 5.36. The van der Waals surface area contributed by atoms with Gasteiger partial charge in [-0.25, -0.2) is 0 Å². The first-order chi connectivity index (χ1) is 15.0. The maximum atomic E-state index is 12.6. The maximum absolute atomic E-state index is 12.6. The molecule has 4 rings (SSSR count). The number of rotatable bonds is 7. The van der Waals surface area contributed by atoms with Crippen molar-refractivity contribution < 1.29 is 9.32 Å². The average Bonchev–Trinajstić information content (AvgIpc) is 3.43. The van der Waals surface area contributed by atoms with Crippen molar-refractivity contribution >= 4 is 17.3 Å². The smallest absolute Gasteiger partial charge is 0.240 e. The number of aromatic nitrogens is 2. The van der Waals surface area contributed by atoms with Crippen LogP contribution in [-0.4, -0.2) is 71.7 Å². The summed E-state index contributed by atoms with van der Waals surface area (Å²) in [6, 6.07) is 6.34. The number of carbonyl (C=O) groups is 1. The average molecular weight is 427 g/mol. The van der Waals surface area contributed by atoms with Crippen LogP contribution >= 0.6 is 0 Å². The molecule has 2 aromatic rings. The lowest BCUT2D eigenvalue weighted by molar-refractivity contribution is -0.117. The van der Waals surface area contributed by atoms with Crippen molar-refractivity contribution in [2.24, 2.45) is 0 Å². The minimum atomic E-state index is 0.0453. The van der Waals surface area contributed by atoms with Gasteiger partial charge in [-0.05, 0) is 43.5 Å². The molecule has 1 N–H and O–H groups in total. The molecule has 3 heterocycles. The van der Waals surface area contributed by atoms with Crippen molar-refractivity contribution in [2.45, 2.75) is 46.1 Å². The lowest BCUT2D eigenvalue weighted by atomic mass is 10.1. The molecule has 0 spiro atoms. The van der Waals surface area contributed by atoms with Gasteiger partial charge in [-0.3, -0.25) is 14.6 Å². The van der Waals surface area contributed by atoms with Crippen LogP contribution in [0, 0.1) is 6.92 Å². The van der Waals surface area contributed by atoms with Crippen LogP contribution in [0.2, 0.25) is 0 Å². The molecule has 0 aliphatic carbocycles. The summed E-state index contributed by atoms with van der Waals surface area (Å²) >= 11 is 0. The Bertz CT molecular complexity index is 882. The lowest BCUT2D eigenvalue weighted by Crippen LogP contribution is -2.48. The van der Waals surface area contributed by atoms with Crippen LogP contribution < -0.4 is 10.2 Å². The Morgan fingerprint density at radius 3 is 2.45 bits per heavy atom. The van der Waals surface area contributed by atoms with Gasteiger partial charge in [0.25, 0.3) is 0 Å². The summed E-state index contributed by atoms with van der Waals surface area (Å²) in [5.74, 6) is 1.74. The second kappa shape index (κ2) is 9.78. The third kappa shape index (κ3) is 5.62. The highest BCUT2D eigenvalue weighted by Gasteiger charge is 2.21. The van der Waals surface area contributed by atoms with E-state index in [9.17, 15) is 4.79 Å². The molecule has 1 amide bonds. The second-order valence-electron chi connectivity index (χ2n) is 8.99. The summed E-state index contributed by atoms with van der Waals surface area (Å²) in [5, 5.41) is 7.13. The monoisotopic (exact) mass is 426 g/mol. The number of amides is 1. The Morgan fingerprint density at radius 1 is 1.10 bits per heavy atom. The number of hydrogen-bond acceptors (Lipinski definition) is 7. The SMILES string of the molecule is Cc1cc(N2CCCC2)ccc1NC(=O)CN1CCN(Cc2nc(C(C)C)no2)CC1. The molecule has 2 saturated heterocycles. The van der Waals surface area contributed by atoms with Gasteiger partial charge in [-0.2, -0.15) is 4.98 Å². The molecule has 0 unspecified atom stereocenters. The van der Waals surface area contributed by atoms with Crippen LogP contribution in [0.5, 0.6) is 0 Å². The zero-order valence-electron chi connectivity index (χ0n) is 18.9.